The fourth-order valence-electron chi connectivity index (χ4n) is 2.75. The Hall–Kier alpha value is -4.38. The summed E-state index contributed by atoms with van der Waals surface area (Å²) in [7, 11) is 2.30. The molecule has 3 aromatic rings. The lowest BCUT2D eigenvalue weighted by molar-refractivity contribution is -0.380. The summed E-state index contributed by atoms with van der Waals surface area (Å²) in [6.45, 7) is 0.425. The number of anilines is 1. The van der Waals surface area contributed by atoms with Crippen molar-refractivity contribution in [2.75, 3.05) is 20.0 Å². The first kappa shape index (κ1) is 21.3. The number of hydrogen-bond donors (Lipinski definition) is 2. The second-order valence-electron chi connectivity index (χ2n) is 6.25. The van der Waals surface area contributed by atoms with Crippen molar-refractivity contribution >= 4 is 29.1 Å². The molecule has 13 nitrogen and oxygen atoms in total. The number of fused-ring (bicyclic) bond motifs is 1. The zero-order chi connectivity index (χ0) is 22.4. The van der Waals surface area contributed by atoms with E-state index < -0.39 is 17.9 Å². The maximum atomic E-state index is 12.1. The third-order valence-electron chi connectivity index (χ3n) is 4.27. The summed E-state index contributed by atoms with van der Waals surface area (Å²) in [5.41, 5.74) is 16.3. The predicted molar refractivity (Wildman–Crippen MR) is 105 cm³/mol. The molecule has 0 aliphatic heterocycles. The first-order chi connectivity index (χ1) is 15.0. The van der Waals surface area contributed by atoms with Crippen LogP contribution in [0.4, 0.5) is 5.95 Å². The Balaban J connectivity index is 1.88. The molecule has 3 rings (SSSR count). The number of nitrogens with zero attached hydrogens (tertiary/aromatic N) is 5. The van der Waals surface area contributed by atoms with Crippen molar-refractivity contribution in [3.63, 3.8) is 0 Å². The fourth-order valence-corrected chi connectivity index (χ4v) is 2.75. The number of nitrogens with two attached hydrogens (primary N) is 1. The normalized spacial score (nSPS) is 10.5. The fraction of sp³-hybridized carbons (Fsp3) is 0.278. The third kappa shape index (κ3) is 4.79. The Bertz CT molecular complexity index is 1140. The minimum absolute atomic E-state index is 0.0209. The maximum absolute atomic E-state index is 12.1. The van der Waals surface area contributed by atoms with Gasteiger partial charge in [-0.15, -0.1) is 0 Å². The largest absolute Gasteiger partial charge is 0.468 e. The topological polar surface area (TPSA) is 192 Å². The summed E-state index contributed by atoms with van der Waals surface area (Å²) < 4.78 is 15.2. The van der Waals surface area contributed by atoms with Crippen molar-refractivity contribution in [3.8, 4) is 5.88 Å². The second kappa shape index (κ2) is 9.41. The van der Waals surface area contributed by atoms with Gasteiger partial charge < -0.3 is 19.2 Å². The van der Waals surface area contributed by atoms with Gasteiger partial charge in [-0.2, -0.15) is 4.98 Å². The quantitative estimate of drug-likeness (QED) is 0.176. The monoisotopic (exact) mass is 427 g/mol. The molecule has 0 bridgehead atoms. The Morgan fingerprint density at radius 2 is 1.84 bits per heavy atom. The number of imidazole rings is 1. The first-order valence-electron chi connectivity index (χ1n) is 8.92. The number of methoxy groups -OCH3 is 2. The predicted octanol–water partition coefficient (Wildman–Crippen LogP) is 1.17. The minimum Gasteiger partial charge on any atom is -0.468 e. The van der Waals surface area contributed by atoms with E-state index in [-0.39, 0.29) is 36.5 Å². The second-order valence-corrected chi connectivity index (χ2v) is 6.25. The van der Waals surface area contributed by atoms with Crippen LogP contribution in [0.25, 0.3) is 21.6 Å². The molecule has 160 valence electrons. The van der Waals surface area contributed by atoms with Crippen LogP contribution in [0.3, 0.4) is 0 Å². The molecule has 31 heavy (non-hydrogen) atoms. The minimum atomic E-state index is -1.41. The number of esters is 2. The number of ether oxygens (including phenoxy) is 3. The number of carbonyl (C=O) groups is 2. The van der Waals surface area contributed by atoms with Crippen molar-refractivity contribution in [2.24, 2.45) is 5.11 Å². The number of aromatic nitrogens is 4. The summed E-state index contributed by atoms with van der Waals surface area (Å²) in [6.07, 6.45) is 0. The summed E-state index contributed by atoms with van der Waals surface area (Å²) in [6, 6.07) is 7.29. The summed E-state index contributed by atoms with van der Waals surface area (Å²) in [4.78, 5) is 40.7. The highest BCUT2D eigenvalue weighted by Crippen LogP contribution is 2.24. The lowest BCUT2D eigenvalue weighted by Gasteiger charge is -2.09. The molecule has 2 aromatic heterocycles. The van der Waals surface area contributed by atoms with Crippen molar-refractivity contribution in [1.29, 1.82) is 0 Å². The van der Waals surface area contributed by atoms with E-state index in [9.17, 15) is 9.59 Å². The molecule has 0 saturated carbocycles. The maximum Gasteiger partial charge on any atom is 0.392 e. The number of aromatic amines is 2. The van der Waals surface area contributed by atoms with Crippen molar-refractivity contribution in [3.05, 3.63) is 51.7 Å². The zero-order valence-corrected chi connectivity index (χ0v) is 16.7. The van der Waals surface area contributed by atoms with Gasteiger partial charge in [0.05, 0.1) is 20.8 Å². The van der Waals surface area contributed by atoms with E-state index in [4.69, 9.17) is 16.0 Å². The van der Waals surface area contributed by atoms with Gasteiger partial charge in [-0.05, 0) is 21.6 Å². The van der Waals surface area contributed by atoms with Crippen molar-refractivity contribution in [2.45, 2.75) is 19.1 Å². The van der Waals surface area contributed by atoms with E-state index in [2.05, 4.69) is 39.4 Å². The van der Waals surface area contributed by atoms with Crippen LogP contribution in [0, 0.1) is 0 Å². The Kier molecular flexibility index (Phi) is 6.48. The van der Waals surface area contributed by atoms with Gasteiger partial charge in [0.2, 0.25) is 5.92 Å². The first-order valence-corrected chi connectivity index (χ1v) is 8.92. The van der Waals surface area contributed by atoms with E-state index in [0.29, 0.717) is 5.52 Å². The number of rotatable bonds is 8. The lowest BCUT2D eigenvalue weighted by Crippen LogP contribution is -2.25. The van der Waals surface area contributed by atoms with Gasteiger partial charge in [-0.25, -0.2) is 4.98 Å². The molecule has 0 unspecified atom stereocenters. The number of H-pyrrole nitrogens is 2. The average molecular weight is 427 g/mol. The molecule has 0 radical (unpaired) electrons. The molecule has 0 aliphatic rings. The highest BCUT2D eigenvalue weighted by Gasteiger charge is 2.35. The van der Waals surface area contributed by atoms with Crippen molar-refractivity contribution < 1.29 is 28.8 Å². The average Bonchev–Trinajstić information content (AvgIpc) is 3.19. The van der Waals surface area contributed by atoms with Gasteiger partial charge in [0.15, 0.2) is 5.52 Å². The van der Waals surface area contributed by atoms with Gasteiger partial charge in [-0.3, -0.25) is 15.3 Å². The molecule has 2 heterocycles. The van der Waals surface area contributed by atoms with Crippen LogP contribution in [0.15, 0.2) is 29.4 Å². The van der Waals surface area contributed by atoms with E-state index in [1.165, 1.54) is 0 Å². The molecule has 0 atom stereocenters. The Morgan fingerprint density at radius 1 is 1.19 bits per heavy atom. The summed E-state index contributed by atoms with van der Waals surface area (Å²) in [5, 5.41) is 3.51. The Labute approximate surface area is 175 Å². The third-order valence-corrected chi connectivity index (χ3v) is 4.27. The molecule has 0 aliphatic carbocycles. The molecule has 1 aromatic carbocycles. The summed E-state index contributed by atoms with van der Waals surface area (Å²) >= 11 is 0. The van der Waals surface area contributed by atoms with Crippen LogP contribution >= 0.6 is 0 Å². The summed E-state index contributed by atoms with van der Waals surface area (Å²) in [5.74, 6) is -2.88. The molecular formula is C18H19N8O5+. The SMILES string of the molecule is COC(=O)C(C(=O)OC)c1nc2nc(N)[nH+]c(OCc3ccc(CN=[N+]=[N-])cc3)c2[nH]1. The van der Waals surface area contributed by atoms with Gasteiger partial charge in [0, 0.05) is 4.91 Å². The van der Waals surface area contributed by atoms with Gasteiger partial charge in [0.25, 0.3) is 11.5 Å². The number of carbonyl (C=O) groups excluding carboxylic acids is 2. The number of azide groups is 1. The number of benzene rings is 1. The van der Waals surface area contributed by atoms with Gasteiger partial charge in [-0.1, -0.05) is 29.4 Å². The van der Waals surface area contributed by atoms with Gasteiger partial charge >= 0.3 is 17.9 Å². The highest BCUT2D eigenvalue weighted by atomic mass is 16.5. The van der Waals surface area contributed by atoms with Gasteiger partial charge in [0.1, 0.15) is 12.4 Å². The van der Waals surface area contributed by atoms with E-state index in [1.807, 2.05) is 24.3 Å². The van der Waals surface area contributed by atoms with E-state index in [1.54, 1.807) is 0 Å². The molecule has 4 N–H and O–H groups in total. The number of nitrogen functional groups attached to an aromatic ring is 1. The van der Waals surface area contributed by atoms with Crippen LogP contribution in [-0.4, -0.2) is 41.1 Å². The smallest absolute Gasteiger partial charge is 0.392 e. The molecule has 13 heteroatoms. The Morgan fingerprint density at radius 3 is 2.45 bits per heavy atom. The highest BCUT2D eigenvalue weighted by molar-refractivity contribution is 6.00. The van der Waals surface area contributed by atoms with Crippen LogP contribution < -0.4 is 15.5 Å². The number of hydrogen-bond acceptors (Lipinski definition) is 9. The molecule has 0 fully saturated rings. The van der Waals surface area contributed by atoms with Crippen LogP contribution in [0.2, 0.25) is 0 Å². The van der Waals surface area contributed by atoms with Crippen LogP contribution in [0.5, 0.6) is 5.88 Å². The molecule has 0 saturated heterocycles. The van der Waals surface area contributed by atoms with Crippen LogP contribution in [0.1, 0.15) is 22.9 Å². The van der Waals surface area contributed by atoms with Crippen molar-refractivity contribution in [1.82, 2.24) is 15.0 Å². The van der Waals surface area contributed by atoms with E-state index >= 15 is 0 Å². The molecule has 0 spiro atoms. The zero-order valence-electron chi connectivity index (χ0n) is 16.7. The lowest BCUT2D eigenvalue weighted by atomic mass is 10.1. The number of nitrogens with one attached hydrogen (secondary N) is 2. The molecular weight excluding hydrogens is 408 g/mol. The standard InChI is InChI=1S/C18H18N8O5/c1-29-16(27)11(17(28)30-2)13-22-12-14(23-13)24-18(19)25-15(12)31-8-10-5-3-9(4-6-10)7-21-26-20/h3-6,11H,7-8H2,1-2H3,(H3,19,22,23,24,25)/p+1. The van der Waals surface area contributed by atoms with Crippen LogP contribution in [-0.2, 0) is 32.2 Å². The molecule has 0 amide bonds. The van der Waals surface area contributed by atoms with E-state index in [0.717, 1.165) is 25.3 Å².